The maximum atomic E-state index is 5.11. The number of hydrogen-bond donors (Lipinski definition) is 1. The second-order valence-corrected chi connectivity index (χ2v) is 6.62. The molecule has 0 amide bonds. The van der Waals surface area contributed by atoms with E-state index in [1.54, 1.807) is 7.11 Å². The fourth-order valence-electron chi connectivity index (χ4n) is 3.07. The topological polar surface area (TPSA) is 21.3 Å². The first-order chi connectivity index (χ1) is 9.23. The maximum Gasteiger partial charge on any atom is 0.0587 e. The molecule has 19 heavy (non-hydrogen) atoms. The zero-order chi connectivity index (χ0) is 14.0. The molecule has 0 aromatic heterocycles. The van der Waals surface area contributed by atoms with Gasteiger partial charge in [-0.05, 0) is 30.6 Å². The van der Waals surface area contributed by atoms with Crippen molar-refractivity contribution in [3.05, 3.63) is 0 Å². The summed E-state index contributed by atoms with van der Waals surface area (Å²) in [4.78, 5) is 0. The summed E-state index contributed by atoms with van der Waals surface area (Å²) in [6.07, 6.45) is 12.8. The minimum atomic E-state index is 0.540. The average Bonchev–Trinajstić information content (AvgIpc) is 3.24. The lowest BCUT2D eigenvalue weighted by atomic mass is 9.79. The first kappa shape index (κ1) is 17.0. The van der Waals surface area contributed by atoms with E-state index in [1.807, 2.05) is 0 Å². The van der Waals surface area contributed by atoms with Crippen LogP contribution in [0.3, 0.4) is 0 Å². The van der Waals surface area contributed by atoms with Crippen molar-refractivity contribution in [2.24, 2.45) is 11.3 Å². The Morgan fingerprint density at radius 2 is 1.79 bits per heavy atom. The van der Waals surface area contributed by atoms with Crippen LogP contribution in [0.4, 0.5) is 0 Å². The van der Waals surface area contributed by atoms with Crippen molar-refractivity contribution in [1.82, 2.24) is 5.32 Å². The molecule has 0 bridgehead atoms. The van der Waals surface area contributed by atoms with Crippen LogP contribution in [0, 0.1) is 11.3 Å². The van der Waals surface area contributed by atoms with Gasteiger partial charge in [0.15, 0.2) is 0 Å². The van der Waals surface area contributed by atoms with Gasteiger partial charge in [-0.3, -0.25) is 0 Å². The molecule has 1 N–H and O–H groups in total. The highest BCUT2D eigenvalue weighted by molar-refractivity contribution is 4.92. The molecule has 0 radical (unpaired) electrons. The van der Waals surface area contributed by atoms with Gasteiger partial charge in [0, 0.05) is 20.2 Å². The number of nitrogens with one attached hydrogen (secondary N) is 1. The SMILES string of the molecule is CCCCCCCCC(C)(CNCCOC)C1CC1. The van der Waals surface area contributed by atoms with E-state index >= 15 is 0 Å². The quantitative estimate of drug-likeness (QED) is 0.501. The predicted octanol–water partition coefficient (Wildman–Crippen LogP) is 4.39. The maximum absolute atomic E-state index is 5.11. The average molecular weight is 269 g/mol. The third-order valence-electron chi connectivity index (χ3n) is 4.68. The van der Waals surface area contributed by atoms with Crippen LogP contribution in [-0.4, -0.2) is 26.8 Å². The van der Waals surface area contributed by atoms with Crippen molar-refractivity contribution in [2.45, 2.75) is 71.6 Å². The monoisotopic (exact) mass is 269 g/mol. The Kier molecular flexibility index (Phi) is 8.72. The summed E-state index contributed by atoms with van der Waals surface area (Å²) in [5.41, 5.74) is 0.540. The van der Waals surface area contributed by atoms with Crippen LogP contribution in [0.2, 0.25) is 0 Å². The van der Waals surface area contributed by atoms with Crippen molar-refractivity contribution in [3.63, 3.8) is 0 Å². The second kappa shape index (κ2) is 9.77. The van der Waals surface area contributed by atoms with Crippen LogP contribution in [0.25, 0.3) is 0 Å². The first-order valence-electron chi connectivity index (χ1n) is 8.42. The van der Waals surface area contributed by atoms with Gasteiger partial charge in [0.25, 0.3) is 0 Å². The molecule has 2 heteroatoms. The Hall–Kier alpha value is -0.0800. The Bertz CT molecular complexity index is 215. The number of rotatable bonds is 13. The van der Waals surface area contributed by atoms with Crippen molar-refractivity contribution in [1.29, 1.82) is 0 Å². The van der Waals surface area contributed by atoms with Crippen LogP contribution in [0.1, 0.15) is 71.6 Å². The molecule has 0 aliphatic heterocycles. The molecule has 0 heterocycles. The summed E-state index contributed by atoms with van der Waals surface area (Å²) in [6, 6.07) is 0. The standard InChI is InChI=1S/C17H35NO/c1-4-5-6-7-8-9-12-17(2,16-10-11-16)15-18-13-14-19-3/h16,18H,4-15H2,1-3H3. The second-order valence-electron chi connectivity index (χ2n) is 6.62. The van der Waals surface area contributed by atoms with Crippen molar-refractivity contribution in [2.75, 3.05) is 26.8 Å². The number of hydrogen-bond acceptors (Lipinski definition) is 2. The van der Waals surface area contributed by atoms with Gasteiger partial charge in [-0.1, -0.05) is 52.4 Å². The molecule has 1 aliphatic carbocycles. The molecule has 1 fully saturated rings. The van der Waals surface area contributed by atoms with Crippen LogP contribution in [0.15, 0.2) is 0 Å². The summed E-state index contributed by atoms with van der Waals surface area (Å²) in [5.74, 6) is 0.984. The van der Waals surface area contributed by atoms with Crippen LogP contribution >= 0.6 is 0 Å². The summed E-state index contributed by atoms with van der Waals surface area (Å²) < 4.78 is 5.11. The molecule has 0 aromatic carbocycles. The highest BCUT2D eigenvalue weighted by Gasteiger charge is 2.40. The van der Waals surface area contributed by atoms with Gasteiger partial charge in [-0.2, -0.15) is 0 Å². The van der Waals surface area contributed by atoms with E-state index in [4.69, 9.17) is 4.74 Å². The minimum absolute atomic E-state index is 0.540. The molecule has 1 unspecified atom stereocenters. The first-order valence-corrected chi connectivity index (χ1v) is 8.42. The van der Waals surface area contributed by atoms with Gasteiger partial charge in [0.1, 0.15) is 0 Å². The normalized spacial score (nSPS) is 18.5. The molecule has 1 atom stereocenters. The zero-order valence-electron chi connectivity index (χ0n) is 13.5. The molecule has 0 spiro atoms. The fourth-order valence-corrected chi connectivity index (χ4v) is 3.07. The Morgan fingerprint density at radius 3 is 2.42 bits per heavy atom. The van der Waals surface area contributed by atoms with Gasteiger partial charge < -0.3 is 10.1 Å². The largest absolute Gasteiger partial charge is 0.383 e. The van der Waals surface area contributed by atoms with E-state index in [-0.39, 0.29) is 0 Å². The lowest BCUT2D eigenvalue weighted by Crippen LogP contribution is -2.35. The number of unbranched alkanes of at least 4 members (excludes halogenated alkanes) is 5. The van der Waals surface area contributed by atoms with E-state index in [9.17, 15) is 0 Å². The Balaban J connectivity index is 2.12. The number of methoxy groups -OCH3 is 1. The Morgan fingerprint density at radius 1 is 1.11 bits per heavy atom. The van der Waals surface area contributed by atoms with Gasteiger partial charge in [-0.25, -0.2) is 0 Å². The molecule has 0 aromatic rings. The van der Waals surface area contributed by atoms with Crippen molar-refractivity contribution in [3.8, 4) is 0 Å². The number of ether oxygens (including phenoxy) is 1. The molecular weight excluding hydrogens is 234 g/mol. The third kappa shape index (κ3) is 7.31. The van der Waals surface area contributed by atoms with Gasteiger partial charge in [0.05, 0.1) is 6.61 Å². The van der Waals surface area contributed by atoms with Gasteiger partial charge >= 0.3 is 0 Å². The Labute approximate surface area is 120 Å². The van der Waals surface area contributed by atoms with E-state index in [0.29, 0.717) is 5.41 Å². The summed E-state index contributed by atoms with van der Waals surface area (Å²) in [7, 11) is 1.78. The molecule has 1 rings (SSSR count). The van der Waals surface area contributed by atoms with Gasteiger partial charge in [0.2, 0.25) is 0 Å². The van der Waals surface area contributed by atoms with E-state index in [1.165, 1.54) is 64.3 Å². The van der Waals surface area contributed by atoms with Crippen molar-refractivity contribution >= 4 is 0 Å². The minimum Gasteiger partial charge on any atom is -0.383 e. The van der Waals surface area contributed by atoms with Crippen LogP contribution in [-0.2, 0) is 4.74 Å². The molecule has 1 saturated carbocycles. The molecule has 114 valence electrons. The lowest BCUT2D eigenvalue weighted by Gasteiger charge is -2.30. The smallest absolute Gasteiger partial charge is 0.0587 e. The summed E-state index contributed by atoms with van der Waals surface area (Å²) in [6.45, 7) is 7.79. The molecule has 0 saturated heterocycles. The molecular formula is C17H35NO. The van der Waals surface area contributed by atoms with Crippen molar-refractivity contribution < 1.29 is 4.74 Å². The van der Waals surface area contributed by atoms with E-state index in [2.05, 4.69) is 19.2 Å². The third-order valence-corrected chi connectivity index (χ3v) is 4.68. The van der Waals surface area contributed by atoms with E-state index < -0.39 is 0 Å². The van der Waals surface area contributed by atoms with E-state index in [0.717, 1.165) is 19.1 Å². The highest BCUT2D eigenvalue weighted by Crippen LogP contribution is 2.48. The molecule has 2 nitrogen and oxygen atoms in total. The summed E-state index contributed by atoms with van der Waals surface area (Å²) in [5, 5.41) is 3.58. The highest BCUT2D eigenvalue weighted by atomic mass is 16.5. The van der Waals surface area contributed by atoms with Gasteiger partial charge in [-0.15, -0.1) is 0 Å². The van der Waals surface area contributed by atoms with Crippen LogP contribution in [0.5, 0.6) is 0 Å². The fraction of sp³-hybridized carbons (Fsp3) is 1.00. The van der Waals surface area contributed by atoms with Crippen LogP contribution < -0.4 is 5.32 Å². The summed E-state index contributed by atoms with van der Waals surface area (Å²) >= 11 is 0. The zero-order valence-corrected chi connectivity index (χ0v) is 13.5. The lowest BCUT2D eigenvalue weighted by molar-refractivity contribution is 0.182. The predicted molar refractivity (Wildman–Crippen MR) is 83.6 cm³/mol. The molecule has 1 aliphatic rings.